The van der Waals surface area contributed by atoms with E-state index < -0.39 is 9.84 Å². The van der Waals surface area contributed by atoms with Crippen LogP contribution in [0.1, 0.15) is 5.56 Å². The van der Waals surface area contributed by atoms with Gasteiger partial charge in [-0.05, 0) is 29.8 Å². The third-order valence-electron chi connectivity index (χ3n) is 3.21. The van der Waals surface area contributed by atoms with Gasteiger partial charge in [0.2, 0.25) is 9.84 Å². The molecule has 0 aliphatic heterocycles. The first kappa shape index (κ1) is 13.6. The van der Waals surface area contributed by atoms with Gasteiger partial charge in [0.1, 0.15) is 0 Å². The van der Waals surface area contributed by atoms with E-state index >= 15 is 0 Å². The van der Waals surface area contributed by atoms with E-state index in [1.807, 2.05) is 22.9 Å². The standard InChI is InChI=1S/C16H14N2O2S/c19-21(20,15-4-2-1-3-5-15)16-8-6-14(7-9-16)12-18-11-10-17-13-18/h1-11,13H,12H2. The topological polar surface area (TPSA) is 52.0 Å². The third kappa shape index (κ3) is 2.87. The minimum Gasteiger partial charge on any atom is -0.333 e. The van der Waals surface area contributed by atoms with Crippen molar-refractivity contribution in [2.45, 2.75) is 16.3 Å². The van der Waals surface area contributed by atoms with Crippen LogP contribution in [-0.2, 0) is 16.4 Å². The van der Waals surface area contributed by atoms with Crippen LogP contribution in [-0.4, -0.2) is 18.0 Å². The molecule has 2 aromatic carbocycles. The van der Waals surface area contributed by atoms with E-state index in [1.165, 1.54) is 0 Å². The monoisotopic (exact) mass is 298 g/mol. The maximum Gasteiger partial charge on any atom is 0.206 e. The third-order valence-corrected chi connectivity index (χ3v) is 5.00. The first-order valence-electron chi connectivity index (χ1n) is 6.51. The van der Waals surface area contributed by atoms with Gasteiger partial charge in [0.25, 0.3) is 0 Å². The molecule has 0 spiro atoms. The van der Waals surface area contributed by atoms with E-state index in [9.17, 15) is 8.42 Å². The van der Waals surface area contributed by atoms with Crippen molar-refractivity contribution in [3.63, 3.8) is 0 Å². The maximum absolute atomic E-state index is 12.4. The molecule has 0 fully saturated rings. The molecule has 1 heterocycles. The summed E-state index contributed by atoms with van der Waals surface area (Å²) in [6.45, 7) is 0.672. The number of benzene rings is 2. The Morgan fingerprint density at radius 2 is 1.57 bits per heavy atom. The van der Waals surface area contributed by atoms with E-state index in [1.54, 1.807) is 55.0 Å². The van der Waals surface area contributed by atoms with Crippen molar-refractivity contribution in [2.75, 3.05) is 0 Å². The first-order valence-corrected chi connectivity index (χ1v) is 7.99. The van der Waals surface area contributed by atoms with Crippen molar-refractivity contribution in [1.29, 1.82) is 0 Å². The van der Waals surface area contributed by atoms with Gasteiger partial charge in [-0.1, -0.05) is 30.3 Å². The molecule has 0 amide bonds. The molecule has 0 unspecified atom stereocenters. The zero-order valence-corrected chi connectivity index (χ0v) is 12.1. The fourth-order valence-corrected chi connectivity index (χ4v) is 3.38. The molecular formula is C16H14N2O2S. The lowest BCUT2D eigenvalue weighted by atomic mass is 10.2. The fraction of sp³-hybridized carbons (Fsp3) is 0.0625. The van der Waals surface area contributed by atoms with Crippen molar-refractivity contribution in [1.82, 2.24) is 9.55 Å². The molecule has 4 nitrogen and oxygen atoms in total. The Bertz CT molecular complexity index is 808. The molecule has 0 saturated carbocycles. The Morgan fingerprint density at radius 3 is 2.19 bits per heavy atom. The molecule has 3 aromatic rings. The summed E-state index contributed by atoms with van der Waals surface area (Å²) < 4.78 is 26.8. The lowest BCUT2D eigenvalue weighted by Gasteiger charge is -2.06. The van der Waals surface area contributed by atoms with Gasteiger partial charge < -0.3 is 4.57 Å². The number of hydrogen-bond acceptors (Lipinski definition) is 3. The Labute approximate surface area is 123 Å². The highest BCUT2D eigenvalue weighted by atomic mass is 32.2. The number of imidazole rings is 1. The molecule has 3 rings (SSSR count). The van der Waals surface area contributed by atoms with Crippen molar-refractivity contribution in [3.05, 3.63) is 78.9 Å². The largest absolute Gasteiger partial charge is 0.333 e. The lowest BCUT2D eigenvalue weighted by Crippen LogP contribution is -2.02. The molecular weight excluding hydrogens is 284 g/mol. The van der Waals surface area contributed by atoms with Gasteiger partial charge in [0, 0.05) is 18.9 Å². The van der Waals surface area contributed by atoms with Crippen LogP contribution in [0.15, 0.2) is 83.1 Å². The second-order valence-corrected chi connectivity index (χ2v) is 6.65. The first-order chi connectivity index (χ1) is 10.2. The van der Waals surface area contributed by atoms with Crippen LogP contribution in [0.4, 0.5) is 0 Å². The van der Waals surface area contributed by atoms with Gasteiger partial charge in [0.05, 0.1) is 16.1 Å². The van der Waals surface area contributed by atoms with Crippen LogP contribution in [0.3, 0.4) is 0 Å². The van der Waals surface area contributed by atoms with E-state index in [0.29, 0.717) is 16.3 Å². The average Bonchev–Trinajstić information content (AvgIpc) is 3.02. The minimum absolute atomic E-state index is 0.308. The fourth-order valence-electron chi connectivity index (χ4n) is 2.10. The zero-order chi connectivity index (χ0) is 14.7. The molecule has 0 aliphatic carbocycles. The van der Waals surface area contributed by atoms with Gasteiger partial charge in [-0.15, -0.1) is 0 Å². The quantitative estimate of drug-likeness (QED) is 0.744. The maximum atomic E-state index is 12.4. The van der Waals surface area contributed by atoms with Crippen molar-refractivity contribution in [2.24, 2.45) is 0 Å². The van der Waals surface area contributed by atoms with Crippen LogP contribution < -0.4 is 0 Å². The van der Waals surface area contributed by atoms with Crippen LogP contribution in [0.5, 0.6) is 0 Å². The van der Waals surface area contributed by atoms with Gasteiger partial charge in [-0.3, -0.25) is 0 Å². The molecule has 0 aliphatic rings. The second-order valence-electron chi connectivity index (χ2n) is 4.70. The van der Waals surface area contributed by atoms with Gasteiger partial charge in [-0.2, -0.15) is 0 Å². The summed E-state index contributed by atoms with van der Waals surface area (Å²) in [4.78, 5) is 4.60. The highest BCUT2D eigenvalue weighted by Crippen LogP contribution is 2.20. The summed E-state index contributed by atoms with van der Waals surface area (Å²) in [5.41, 5.74) is 1.03. The zero-order valence-electron chi connectivity index (χ0n) is 11.3. The summed E-state index contributed by atoms with van der Waals surface area (Å²) in [5.74, 6) is 0. The molecule has 0 radical (unpaired) electrons. The van der Waals surface area contributed by atoms with Crippen LogP contribution >= 0.6 is 0 Å². The summed E-state index contributed by atoms with van der Waals surface area (Å²) >= 11 is 0. The number of rotatable bonds is 4. The molecule has 5 heteroatoms. The van der Waals surface area contributed by atoms with Gasteiger partial charge in [0.15, 0.2) is 0 Å². The summed E-state index contributed by atoms with van der Waals surface area (Å²) in [5, 5.41) is 0. The Hall–Kier alpha value is -2.40. The summed E-state index contributed by atoms with van der Waals surface area (Å²) in [7, 11) is -3.44. The molecule has 0 saturated heterocycles. The molecule has 0 bridgehead atoms. The number of sulfone groups is 1. The second kappa shape index (κ2) is 5.54. The van der Waals surface area contributed by atoms with Gasteiger partial charge >= 0.3 is 0 Å². The predicted octanol–water partition coefficient (Wildman–Crippen LogP) is 2.76. The molecule has 106 valence electrons. The lowest BCUT2D eigenvalue weighted by molar-refractivity contribution is 0.596. The molecule has 0 atom stereocenters. The van der Waals surface area contributed by atoms with Crippen LogP contribution in [0.25, 0.3) is 0 Å². The summed E-state index contributed by atoms with van der Waals surface area (Å²) in [6.07, 6.45) is 5.32. The normalized spacial score (nSPS) is 11.4. The Morgan fingerprint density at radius 1 is 0.905 bits per heavy atom. The molecule has 21 heavy (non-hydrogen) atoms. The van der Waals surface area contributed by atoms with Crippen molar-refractivity contribution < 1.29 is 8.42 Å². The van der Waals surface area contributed by atoms with Crippen molar-refractivity contribution in [3.8, 4) is 0 Å². The number of aromatic nitrogens is 2. The van der Waals surface area contributed by atoms with Crippen molar-refractivity contribution >= 4 is 9.84 Å². The Kier molecular flexibility index (Phi) is 3.58. The smallest absolute Gasteiger partial charge is 0.206 e. The van der Waals surface area contributed by atoms with E-state index in [2.05, 4.69) is 4.98 Å². The average molecular weight is 298 g/mol. The molecule has 1 aromatic heterocycles. The number of hydrogen-bond donors (Lipinski definition) is 0. The predicted molar refractivity (Wildman–Crippen MR) is 79.7 cm³/mol. The highest BCUT2D eigenvalue weighted by molar-refractivity contribution is 7.91. The van der Waals surface area contributed by atoms with Crippen LogP contribution in [0, 0.1) is 0 Å². The van der Waals surface area contributed by atoms with E-state index in [0.717, 1.165) is 5.56 Å². The van der Waals surface area contributed by atoms with Gasteiger partial charge in [-0.25, -0.2) is 13.4 Å². The summed E-state index contributed by atoms with van der Waals surface area (Å²) in [6, 6.07) is 15.4. The Balaban J connectivity index is 1.87. The molecule has 0 N–H and O–H groups in total. The SMILES string of the molecule is O=S(=O)(c1ccccc1)c1ccc(Cn2ccnc2)cc1. The minimum atomic E-state index is -3.44. The highest BCUT2D eigenvalue weighted by Gasteiger charge is 2.16. The van der Waals surface area contributed by atoms with E-state index in [4.69, 9.17) is 0 Å². The van der Waals surface area contributed by atoms with Crippen LogP contribution in [0.2, 0.25) is 0 Å². The van der Waals surface area contributed by atoms with E-state index in [-0.39, 0.29) is 0 Å². The number of nitrogens with zero attached hydrogens (tertiary/aromatic N) is 2.